The van der Waals surface area contributed by atoms with Crippen LogP contribution in [0.5, 0.6) is 0 Å². The van der Waals surface area contributed by atoms with E-state index < -0.39 is 0 Å². The van der Waals surface area contributed by atoms with Gasteiger partial charge in [0.2, 0.25) is 0 Å². The first-order valence-electron chi connectivity index (χ1n) is 6.68. The molecule has 0 amide bonds. The largest absolute Gasteiger partial charge is 0.378 e. The fourth-order valence-corrected chi connectivity index (χ4v) is 2.21. The molecule has 0 aromatic carbocycles. The number of ether oxygens (including phenoxy) is 1. The second-order valence-corrected chi connectivity index (χ2v) is 4.66. The van der Waals surface area contributed by atoms with Crippen LogP contribution in [0.4, 0.5) is 5.82 Å². The smallest absolute Gasteiger partial charge is 0.293 e. The molecule has 2 rings (SSSR count). The van der Waals surface area contributed by atoms with Crippen molar-refractivity contribution in [3.8, 4) is 0 Å². The molecule has 0 atom stereocenters. The Bertz CT molecular complexity index is 438. The monoisotopic (exact) mass is 251 g/mol. The summed E-state index contributed by atoms with van der Waals surface area (Å²) in [6, 6.07) is 0.319. The van der Waals surface area contributed by atoms with Gasteiger partial charge in [-0.05, 0) is 26.2 Å². The maximum absolute atomic E-state index is 12.0. The van der Waals surface area contributed by atoms with Crippen molar-refractivity contribution in [3.63, 3.8) is 0 Å². The highest BCUT2D eigenvalue weighted by Crippen LogP contribution is 2.25. The summed E-state index contributed by atoms with van der Waals surface area (Å²) in [6.45, 7) is 5.55. The van der Waals surface area contributed by atoms with Crippen LogP contribution in [-0.4, -0.2) is 28.3 Å². The molecule has 0 radical (unpaired) electrons. The Labute approximate surface area is 107 Å². The molecule has 1 saturated carbocycles. The maximum Gasteiger partial charge on any atom is 0.293 e. The summed E-state index contributed by atoms with van der Waals surface area (Å²) in [7, 11) is 0. The predicted octanol–water partition coefficient (Wildman–Crippen LogP) is 1.63. The van der Waals surface area contributed by atoms with Gasteiger partial charge >= 0.3 is 0 Å². The van der Waals surface area contributed by atoms with Crippen molar-refractivity contribution in [2.75, 3.05) is 11.9 Å². The molecule has 0 bridgehead atoms. The number of aromatic nitrogens is 2. The lowest BCUT2D eigenvalue weighted by atomic mass is 9.89. The lowest BCUT2D eigenvalue weighted by molar-refractivity contribution is 0.00289. The number of nitrogens with one attached hydrogen (secondary N) is 1. The van der Waals surface area contributed by atoms with E-state index >= 15 is 0 Å². The molecule has 1 fully saturated rings. The van der Waals surface area contributed by atoms with Crippen molar-refractivity contribution in [1.82, 2.24) is 9.55 Å². The molecule has 0 spiro atoms. The van der Waals surface area contributed by atoms with E-state index in [-0.39, 0.29) is 5.56 Å². The highest BCUT2D eigenvalue weighted by atomic mass is 16.5. The van der Waals surface area contributed by atoms with E-state index in [0.29, 0.717) is 18.0 Å². The van der Waals surface area contributed by atoms with Crippen molar-refractivity contribution < 1.29 is 4.74 Å². The Morgan fingerprint density at radius 3 is 2.94 bits per heavy atom. The number of anilines is 1. The van der Waals surface area contributed by atoms with Gasteiger partial charge in [0, 0.05) is 31.6 Å². The summed E-state index contributed by atoms with van der Waals surface area (Å²) < 4.78 is 7.20. The Hall–Kier alpha value is -1.36. The molecule has 100 valence electrons. The van der Waals surface area contributed by atoms with Gasteiger partial charge in [0.25, 0.3) is 5.56 Å². The third kappa shape index (κ3) is 2.90. The lowest BCUT2D eigenvalue weighted by Crippen LogP contribution is -2.42. The quantitative estimate of drug-likeness (QED) is 0.835. The van der Waals surface area contributed by atoms with Crippen molar-refractivity contribution in [3.05, 3.63) is 22.7 Å². The molecule has 1 aliphatic carbocycles. The molecule has 0 unspecified atom stereocenters. The fourth-order valence-electron chi connectivity index (χ4n) is 2.21. The van der Waals surface area contributed by atoms with Gasteiger partial charge < -0.3 is 14.6 Å². The first kappa shape index (κ1) is 13.1. The van der Waals surface area contributed by atoms with Gasteiger partial charge in [-0.1, -0.05) is 6.92 Å². The van der Waals surface area contributed by atoms with Crippen LogP contribution >= 0.6 is 0 Å². The Morgan fingerprint density at radius 1 is 1.50 bits per heavy atom. The Balaban J connectivity index is 1.94. The minimum atomic E-state index is -0.0285. The summed E-state index contributed by atoms with van der Waals surface area (Å²) >= 11 is 0. The van der Waals surface area contributed by atoms with Crippen LogP contribution in [0, 0.1) is 0 Å². The van der Waals surface area contributed by atoms with Crippen LogP contribution < -0.4 is 10.9 Å². The molecule has 5 nitrogen and oxygen atoms in total. The molecule has 0 aliphatic heterocycles. The molecule has 1 aromatic heterocycles. The van der Waals surface area contributed by atoms with E-state index in [1.165, 1.54) is 0 Å². The fraction of sp³-hybridized carbons (Fsp3) is 0.692. The minimum Gasteiger partial charge on any atom is -0.378 e. The van der Waals surface area contributed by atoms with Crippen molar-refractivity contribution in [1.29, 1.82) is 0 Å². The minimum absolute atomic E-state index is 0.0285. The van der Waals surface area contributed by atoms with Gasteiger partial charge in [0.15, 0.2) is 5.82 Å². The van der Waals surface area contributed by atoms with Gasteiger partial charge in [-0.2, -0.15) is 0 Å². The summed E-state index contributed by atoms with van der Waals surface area (Å²) in [5.41, 5.74) is -0.0285. The van der Waals surface area contributed by atoms with Crippen molar-refractivity contribution in [2.24, 2.45) is 0 Å². The third-order valence-corrected chi connectivity index (χ3v) is 3.22. The molecular weight excluding hydrogens is 230 g/mol. The van der Waals surface area contributed by atoms with E-state index in [4.69, 9.17) is 4.74 Å². The number of nitrogens with zero attached hydrogens (tertiary/aromatic N) is 2. The lowest BCUT2D eigenvalue weighted by Gasteiger charge is -2.35. The second-order valence-electron chi connectivity index (χ2n) is 4.66. The van der Waals surface area contributed by atoms with Gasteiger partial charge in [-0.25, -0.2) is 4.98 Å². The Morgan fingerprint density at radius 2 is 2.28 bits per heavy atom. The molecule has 1 aliphatic rings. The molecule has 1 aromatic rings. The second kappa shape index (κ2) is 6.00. The van der Waals surface area contributed by atoms with Crippen LogP contribution in [0.2, 0.25) is 0 Å². The SMILES string of the molecule is CCCn1ccnc(NC2CC(OCC)C2)c1=O. The van der Waals surface area contributed by atoms with E-state index in [9.17, 15) is 4.79 Å². The predicted molar refractivity (Wildman–Crippen MR) is 70.8 cm³/mol. The molecule has 1 N–H and O–H groups in total. The summed E-state index contributed by atoms with van der Waals surface area (Å²) in [5, 5.41) is 3.21. The van der Waals surface area contributed by atoms with Crippen LogP contribution in [0.15, 0.2) is 17.2 Å². The zero-order chi connectivity index (χ0) is 13.0. The van der Waals surface area contributed by atoms with Crippen LogP contribution in [0.1, 0.15) is 33.1 Å². The van der Waals surface area contributed by atoms with Gasteiger partial charge in [-0.15, -0.1) is 0 Å². The normalized spacial score (nSPS) is 22.6. The average molecular weight is 251 g/mol. The van der Waals surface area contributed by atoms with Gasteiger partial charge in [-0.3, -0.25) is 4.79 Å². The molecule has 18 heavy (non-hydrogen) atoms. The third-order valence-electron chi connectivity index (χ3n) is 3.22. The molecule has 1 heterocycles. The number of rotatable bonds is 6. The highest BCUT2D eigenvalue weighted by molar-refractivity contribution is 5.33. The summed E-state index contributed by atoms with van der Waals surface area (Å²) in [5.74, 6) is 0.464. The standard InChI is InChI=1S/C13H21N3O2/c1-3-6-16-7-5-14-12(13(16)17)15-10-8-11(9-10)18-4-2/h5,7,10-11H,3-4,6,8-9H2,1-2H3,(H,14,15). The number of aryl methyl sites for hydroxylation is 1. The van der Waals surface area contributed by atoms with Gasteiger partial charge in [0.05, 0.1) is 6.10 Å². The van der Waals surface area contributed by atoms with E-state index in [1.54, 1.807) is 17.0 Å². The molecule has 5 heteroatoms. The van der Waals surface area contributed by atoms with Crippen LogP contribution in [0.3, 0.4) is 0 Å². The number of hydrogen-bond acceptors (Lipinski definition) is 4. The summed E-state index contributed by atoms with van der Waals surface area (Å²) in [4.78, 5) is 16.2. The zero-order valence-electron chi connectivity index (χ0n) is 11.1. The van der Waals surface area contributed by atoms with Gasteiger partial charge in [0.1, 0.15) is 0 Å². The molecular formula is C13H21N3O2. The molecule has 0 saturated heterocycles. The Kier molecular flexibility index (Phi) is 4.36. The van der Waals surface area contributed by atoms with Crippen molar-refractivity contribution in [2.45, 2.75) is 51.8 Å². The van der Waals surface area contributed by atoms with E-state index in [1.807, 2.05) is 6.92 Å². The highest BCUT2D eigenvalue weighted by Gasteiger charge is 2.30. The first-order valence-corrected chi connectivity index (χ1v) is 6.68. The zero-order valence-corrected chi connectivity index (χ0v) is 11.1. The first-order chi connectivity index (χ1) is 8.74. The average Bonchev–Trinajstić information content (AvgIpc) is 2.31. The van der Waals surface area contributed by atoms with Crippen LogP contribution in [-0.2, 0) is 11.3 Å². The van der Waals surface area contributed by atoms with E-state index in [0.717, 1.165) is 32.4 Å². The maximum atomic E-state index is 12.0. The van der Waals surface area contributed by atoms with E-state index in [2.05, 4.69) is 17.2 Å². The number of hydrogen-bond donors (Lipinski definition) is 1. The topological polar surface area (TPSA) is 56.1 Å². The van der Waals surface area contributed by atoms with Crippen LogP contribution in [0.25, 0.3) is 0 Å². The van der Waals surface area contributed by atoms with Crippen molar-refractivity contribution >= 4 is 5.82 Å². The summed E-state index contributed by atoms with van der Waals surface area (Å²) in [6.07, 6.45) is 6.61.